The van der Waals surface area contributed by atoms with E-state index in [9.17, 15) is 0 Å². The minimum Gasteiger partial charge on any atom is -0.480 e. The number of halogens is 1. The minimum atomic E-state index is 0.555. The highest BCUT2D eigenvalue weighted by atomic mass is 79.9. The van der Waals surface area contributed by atoms with E-state index in [2.05, 4.69) is 27.8 Å². The largest absolute Gasteiger partial charge is 0.480 e. The summed E-state index contributed by atoms with van der Waals surface area (Å²) < 4.78 is 5.94. The summed E-state index contributed by atoms with van der Waals surface area (Å²) in [7, 11) is 1.59. The van der Waals surface area contributed by atoms with Crippen molar-refractivity contribution in [2.75, 3.05) is 7.11 Å². The number of rotatable bonds is 3. The van der Waals surface area contributed by atoms with Crippen LogP contribution in [0.2, 0.25) is 0 Å². The van der Waals surface area contributed by atoms with Crippen LogP contribution in [0.15, 0.2) is 22.2 Å². The number of allylic oxidation sites excluding steroid dienone is 1. The van der Waals surface area contributed by atoms with Crippen molar-refractivity contribution in [3.05, 3.63) is 27.9 Å². The molecule has 4 heteroatoms. The molecule has 0 aliphatic rings. The van der Waals surface area contributed by atoms with E-state index in [0.717, 1.165) is 27.9 Å². The standard InChI is InChI=1S/C11H15BrN2O/c1-4-7(2)10(13)9-6-5-8(12)11(14-9)15-3/h5-6H,4,13H2,1-3H3/b10-7-. The predicted molar refractivity (Wildman–Crippen MR) is 65.6 cm³/mol. The molecule has 0 atom stereocenters. The number of aromatic nitrogens is 1. The molecule has 0 aliphatic heterocycles. The van der Waals surface area contributed by atoms with Crippen LogP contribution in [0.5, 0.6) is 5.88 Å². The van der Waals surface area contributed by atoms with Gasteiger partial charge in [-0.15, -0.1) is 0 Å². The second kappa shape index (κ2) is 5.16. The fraction of sp³-hybridized carbons (Fsp3) is 0.364. The average molecular weight is 271 g/mol. The van der Waals surface area contributed by atoms with Gasteiger partial charge in [0.25, 0.3) is 0 Å². The molecule has 0 unspecified atom stereocenters. The highest BCUT2D eigenvalue weighted by Gasteiger charge is 2.06. The highest BCUT2D eigenvalue weighted by Crippen LogP contribution is 2.24. The van der Waals surface area contributed by atoms with Crippen LogP contribution in [0, 0.1) is 0 Å². The maximum atomic E-state index is 5.97. The molecule has 0 spiro atoms. The SMILES string of the molecule is CC/C(C)=C(\N)c1ccc(Br)c(OC)n1. The summed E-state index contributed by atoms with van der Waals surface area (Å²) in [6.45, 7) is 4.07. The third kappa shape index (κ3) is 2.72. The Morgan fingerprint density at radius 2 is 2.20 bits per heavy atom. The summed E-state index contributed by atoms with van der Waals surface area (Å²) in [5.41, 5.74) is 8.58. The molecule has 0 aromatic carbocycles. The van der Waals surface area contributed by atoms with Crippen LogP contribution >= 0.6 is 15.9 Å². The number of methoxy groups -OCH3 is 1. The van der Waals surface area contributed by atoms with E-state index in [0.29, 0.717) is 5.88 Å². The Labute approximate surface area is 98.5 Å². The van der Waals surface area contributed by atoms with E-state index in [1.165, 1.54) is 0 Å². The van der Waals surface area contributed by atoms with Crippen LogP contribution in [0.25, 0.3) is 5.70 Å². The average Bonchev–Trinajstić information content (AvgIpc) is 2.27. The van der Waals surface area contributed by atoms with Gasteiger partial charge >= 0.3 is 0 Å². The lowest BCUT2D eigenvalue weighted by Gasteiger charge is -2.08. The van der Waals surface area contributed by atoms with Gasteiger partial charge in [-0.1, -0.05) is 6.92 Å². The van der Waals surface area contributed by atoms with Gasteiger partial charge in [-0.05, 0) is 47.0 Å². The van der Waals surface area contributed by atoms with Gasteiger partial charge in [0.1, 0.15) is 0 Å². The van der Waals surface area contributed by atoms with E-state index in [1.54, 1.807) is 7.11 Å². The molecule has 0 aliphatic carbocycles. The molecular formula is C11H15BrN2O. The lowest BCUT2D eigenvalue weighted by atomic mass is 10.1. The Hall–Kier alpha value is -1.03. The molecule has 0 bridgehead atoms. The number of nitrogens with zero attached hydrogens (tertiary/aromatic N) is 1. The third-order valence-electron chi connectivity index (χ3n) is 2.27. The van der Waals surface area contributed by atoms with E-state index < -0.39 is 0 Å². The highest BCUT2D eigenvalue weighted by molar-refractivity contribution is 9.10. The van der Waals surface area contributed by atoms with Crippen LogP contribution in [-0.4, -0.2) is 12.1 Å². The summed E-state index contributed by atoms with van der Waals surface area (Å²) in [5.74, 6) is 0.555. The molecule has 0 saturated heterocycles. The van der Waals surface area contributed by atoms with E-state index in [4.69, 9.17) is 10.5 Å². The Bertz CT molecular complexity index is 388. The van der Waals surface area contributed by atoms with Gasteiger partial charge in [0.2, 0.25) is 5.88 Å². The first kappa shape index (κ1) is 12.0. The molecule has 15 heavy (non-hydrogen) atoms. The van der Waals surface area contributed by atoms with Crippen molar-refractivity contribution in [3.8, 4) is 5.88 Å². The maximum absolute atomic E-state index is 5.97. The van der Waals surface area contributed by atoms with Crippen molar-refractivity contribution in [2.24, 2.45) is 5.73 Å². The molecule has 0 fully saturated rings. The first-order valence-corrected chi connectivity index (χ1v) is 5.55. The zero-order chi connectivity index (χ0) is 11.4. The van der Waals surface area contributed by atoms with Crippen LogP contribution in [0.1, 0.15) is 26.0 Å². The van der Waals surface area contributed by atoms with Gasteiger partial charge < -0.3 is 10.5 Å². The van der Waals surface area contributed by atoms with Gasteiger partial charge in [-0.25, -0.2) is 4.98 Å². The second-order valence-electron chi connectivity index (χ2n) is 3.24. The molecule has 1 heterocycles. The molecule has 1 rings (SSSR count). The molecule has 0 radical (unpaired) electrons. The summed E-state index contributed by atoms with van der Waals surface area (Å²) in [5, 5.41) is 0. The summed E-state index contributed by atoms with van der Waals surface area (Å²) in [6.07, 6.45) is 0.923. The van der Waals surface area contributed by atoms with Crippen LogP contribution in [0.3, 0.4) is 0 Å². The Kier molecular flexibility index (Phi) is 4.15. The van der Waals surface area contributed by atoms with Crippen LogP contribution in [-0.2, 0) is 0 Å². The first-order chi connectivity index (χ1) is 7.10. The summed E-state index contributed by atoms with van der Waals surface area (Å²) >= 11 is 3.35. The van der Waals surface area contributed by atoms with Gasteiger partial charge in [-0.3, -0.25) is 0 Å². The molecule has 2 N–H and O–H groups in total. The zero-order valence-electron chi connectivity index (χ0n) is 9.17. The molecule has 82 valence electrons. The molecular weight excluding hydrogens is 256 g/mol. The number of nitrogens with two attached hydrogens (primary N) is 1. The lowest BCUT2D eigenvalue weighted by molar-refractivity contribution is 0.394. The van der Waals surface area contributed by atoms with Gasteiger partial charge in [0.05, 0.1) is 23.0 Å². The van der Waals surface area contributed by atoms with Crippen molar-refractivity contribution >= 4 is 21.6 Å². The van der Waals surface area contributed by atoms with E-state index in [1.807, 2.05) is 19.1 Å². The Morgan fingerprint density at radius 3 is 2.73 bits per heavy atom. The fourth-order valence-corrected chi connectivity index (χ4v) is 1.51. The molecule has 1 aromatic rings. The van der Waals surface area contributed by atoms with E-state index >= 15 is 0 Å². The van der Waals surface area contributed by atoms with Crippen LogP contribution in [0.4, 0.5) is 0 Å². The summed E-state index contributed by atoms with van der Waals surface area (Å²) in [6, 6.07) is 3.76. The molecule has 1 aromatic heterocycles. The number of pyridine rings is 1. The Morgan fingerprint density at radius 1 is 1.53 bits per heavy atom. The monoisotopic (exact) mass is 270 g/mol. The van der Waals surface area contributed by atoms with E-state index in [-0.39, 0.29) is 0 Å². The molecule has 3 nitrogen and oxygen atoms in total. The third-order valence-corrected chi connectivity index (χ3v) is 2.88. The van der Waals surface area contributed by atoms with Crippen molar-refractivity contribution < 1.29 is 4.74 Å². The normalized spacial score (nSPS) is 12.3. The zero-order valence-corrected chi connectivity index (χ0v) is 10.8. The number of ether oxygens (including phenoxy) is 1. The number of hydrogen-bond acceptors (Lipinski definition) is 3. The minimum absolute atomic E-state index is 0.555. The number of hydrogen-bond donors (Lipinski definition) is 1. The predicted octanol–water partition coefficient (Wildman–Crippen LogP) is 2.95. The van der Waals surface area contributed by atoms with Gasteiger partial charge in [0.15, 0.2) is 0 Å². The Balaban J connectivity index is 3.17. The van der Waals surface area contributed by atoms with Gasteiger partial charge in [0, 0.05) is 0 Å². The van der Waals surface area contributed by atoms with Gasteiger partial charge in [-0.2, -0.15) is 0 Å². The van der Waals surface area contributed by atoms with Crippen molar-refractivity contribution in [1.29, 1.82) is 0 Å². The molecule has 0 saturated carbocycles. The first-order valence-electron chi connectivity index (χ1n) is 4.76. The molecule has 0 amide bonds. The summed E-state index contributed by atoms with van der Waals surface area (Å²) in [4.78, 5) is 4.31. The topological polar surface area (TPSA) is 48.1 Å². The second-order valence-corrected chi connectivity index (χ2v) is 4.09. The quantitative estimate of drug-likeness (QED) is 0.919. The van der Waals surface area contributed by atoms with Crippen molar-refractivity contribution in [2.45, 2.75) is 20.3 Å². The lowest BCUT2D eigenvalue weighted by Crippen LogP contribution is -2.03. The van der Waals surface area contributed by atoms with Crippen molar-refractivity contribution in [1.82, 2.24) is 4.98 Å². The fourth-order valence-electron chi connectivity index (χ4n) is 1.13. The van der Waals surface area contributed by atoms with Crippen LogP contribution < -0.4 is 10.5 Å². The van der Waals surface area contributed by atoms with Crippen molar-refractivity contribution in [3.63, 3.8) is 0 Å². The smallest absolute Gasteiger partial charge is 0.228 e. The maximum Gasteiger partial charge on any atom is 0.228 e.